The van der Waals surface area contributed by atoms with E-state index < -0.39 is 17.7 Å². The number of alkyl halides is 2. The molecule has 0 aliphatic carbocycles. The summed E-state index contributed by atoms with van der Waals surface area (Å²) < 4.78 is 30.1. The first-order chi connectivity index (χ1) is 6.13. The van der Waals surface area contributed by atoms with E-state index in [1.165, 1.54) is 0 Å². The lowest BCUT2D eigenvalue weighted by Gasteiger charge is -1.95. The van der Waals surface area contributed by atoms with Crippen LogP contribution in [0.3, 0.4) is 0 Å². The van der Waals surface area contributed by atoms with Crippen LogP contribution in [0, 0.1) is 0 Å². The van der Waals surface area contributed by atoms with Gasteiger partial charge in [-0.05, 0) is 12.1 Å². The first kappa shape index (κ1) is 12.4. The summed E-state index contributed by atoms with van der Waals surface area (Å²) in [6, 6.07) is 3.38. The summed E-state index contributed by atoms with van der Waals surface area (Å²) in [5.41, 5.74) is 0. The van der Waals surface area contributed by atoms with E-state index in [-0.39, 0.29) is 0 Å². The van der Waals surface area contributed by atoms with Crippen molar-refractivity contribution in [2.24, 2.45) is 0 Å². The molecule has 0 saturated carbocycles. The van der Waals surface area contributed by atoms with Gasteiger partial charge in [-0.3, -0.25) is 4.21 Å². The highest BCUT2D eigenvalue weighted by atomic mass is 35.5. The Hall–Kier alpha value is -0.550. The van der Waals surface area contributed by atoms with Gasteiger partial charge in [0, 0.05) is 12.5 Å². The van der Waals surface area contributed by atoms with Crippen molar-refractivity contribution in [1.29, 1.82) is 0 Å². The van der Waals surface area contributed by atoms with E-state index in [0.29, 0.717) is 10.0 Å². The van der Waals surface area contributed by atoms with Crippen molar-refractivity contribution in [3.05, 3.63) is 23.4 Å². The standard InChI is InChI=1S/C6H6ClNOS.CH2F2/c1-10(9)6-5(7)3-2-4-8-6;2-1-3/h2-4H,1H3;1H2. The fourth-order valence-corrected chi connectivity index (χ4v) is 1.58. The number of nitrogens with zero attached hydrogens (tertiary/aromatic N) is 1. The molecule has 0 bridgehead atoms. The molecular weight excluding hydrogens is 220 g/mol. The zero-order valence-electron chi connectivity index (χ0n) is 6.84. The second kappa shape index (κ2) is 6.91. The van der Waals surface area contributed by atoms with Gasteiger partial charge >= 0.3 is 0 Å². The predicted molar refractivity (Wildman–Crippen MR) is 48.7 cm³/mol. The zero-order valence-corrected chi connectivity index (χ0v) is 8.41. The maximum atomic E-state index is 10.8. The van der Waals surface area contributed by atoms with E-state index in [9.17, 15) is 13.0 Å². The summed E-state index contributed by atoms with van der Waals surface area (Å²) in [6.45, 7) is -1.75. The number of aromatic nitrogens is 1. The van der Waals surface area contributed by atoms with E-state index in [1.54, 1.807) is 24.6 Å². The zero-order chi connectivity index (χ0) is 10.3. The second-order valence-corrected chi connectivity index (χ2v) is 3.55. The molecule has 1 atom stereocenters. The fraction of sp³-hybridized carbons (Fsp3) is 0.286. The molecule has 0 aliphatic heterocycles. The van der Waals surface area contributed by atoms with Crippen LogP contribution in [0.2, 0.25) is 5.02 Å². The summed E-state index contributed by atoms with van der Waals surface area (Å²) in [5.74, 6) is 0. The smallest absolute Gasteiger partial charge is 0.229 e. The average molecular weight is 228 g/mol. The van der Waals surface area contributed by atoms with Crippen molar-refractivity contribution in [2.75, 3.05) is 13.2 Å². The molecule has 1 aromatic heterocycles. The highest BCUT2D eigenvalue weighted by Crippen LogP contribution is 2.14. The molecule has 0 aromatic carbocycles. The van der Waals surface area contributed by atoms with Crippen molar-refractivity contribution in [3.63, 3.8) is 0 Å². The number of hydrogen-bond donors (Lipinski definition) is 0. The van der Waals surface area contributed by atoms with Gasteiger partial charge in [-0.2, -0.15) is 0 Å². The molecule has 0 amide bonds. The summed E-state index contributed by atoms with van der Waals surface area (Å²) in [5, 5.41) is 0.910. The molecule has 0 fully saturated rings. The van der Waals surface area contributed by atoms with Crippen molar-refractivity contribution in [3.8, 4) is 0 Å². The third kappa shape index (κ3) is 4.90. The van der Waals surface area contributed by atoms with E-state index in [0.717, 1.165) is 0 Å². The maximum absolute atomic E-state index is 10.8. The highest BCUT2D eigenvalue weighted by Gasteiger charge is 2.02. The molecule has 6 heteroatoms. The lowest BCUT2D eigenvalue weighted by atomic mass is 10.5. The minimum absolute atomic E-state index is 0.448. The van der Waals surface area contributed by atoms with Crippen molar-refractivity contribution in [1.82, 2.24) is 4.98 Å². The van der Waals surface area contributed by atoms with Crippen LogP contribution in [0.15, 0.2) is 23.4 Å². The molecule has 0 spiro atoms. The van der Waals surface area contributed by atoms with Gasteiger partial charge in [0.05, 0.1) is 15.8 Å². The van der Waals surface area contributed by atoms with Crippen LogP contribution < -0.4 is 0 Å². The molecule has 1 heterocycles. The molecular formula is C7H8ClF2NOS. The van der Waals surface area contributed by atoms with Crippen LogP contribution >= 0.6 is 11.6 Å². The van der Waals surface area contributed by atoms with Crippen LogP contribution in [0.1, 0.15) is 0 Å². The Morgan fingerprint density at radius 3 is 2.46 bits per heavy atom. The normalized spacial score (nSPS) is 11.4. The molecule has 0 saturated heterocycles. The van der Waals surface area contributed by atoms with Gasteiger partial charge in [-0.1, -0.05) is 11.6 Å². The third-order valence-electron chi connectivity index (χ3n) is 0.997. The highest BCUT2D eigenvalue weighted by molar-refractivity contribution is 7.84. The van der Waals surface area contributed by atoms with Gasteiger partial charge in [-0.15, -0.1) is 0 Å². The van der Waals surface area contributed by atoms with Crippen LogP contribution in [0.5, 0.6) is 0 Å². The fourth-order valence-electron chi connectivity index (χ4n) is 0.583. The first-order valence-electron chi connectivity index (χ1n) is 3.19. The molecule has 1 rings (SSSR count). The summed E-state index contributed by atoms with van der Waals surface area (Å²) >= 11 is 5.66. The Morgan fingerprint density at radius 2 is 2.15 bits per heavy atom. The first-order valence-corrected chi connectivity index (χ1v) is 5.13. The molecule has 1 aromatic rings. The van der Waals surface area contributed by atoms with Gasteiger partial charge < -0.3 is 0 Å². The topological polar surface area (TPSA) is 30.0 Å². The Morgan fingerprint density at radius 1 is 1.62 bits per heavy atom. The molecule has 1 unspecified atom stereocenters. The number of hydrogen-bond acceptors (Lipinski definition) is 2. The van der Waals surface area contributed by atoms with E-state index >= 15 is 0 Å². The van der Waals surface area contributed by atoms with Gasteiger partial charge in [0.2, 0.25) is 6.93 Å². The van der Waals surface area contributed by atoms with Crippen molar-refractivity contribution in [2.45, 2.75) is 5.03 Å². The number of rotatable bonds is 1. The molecule has 13 heavy (non-hydrogen) atoms. The van der Waals surface area contributed by atoms with Gasteiger partial charge in [-0.25, -0.2) is 13.8 Å². The molecule has 2 nitrogen and oxygen atoms in total. The summed E-state index contributed by atoms with van der Waals surface area (Å²) in [6.07, 6.45) is 3.12. The van der Waals surface area contributed by atoms with Crippen LogP contribution in [-0.4, -0.2) is 22.4 Å². The summed E-state index contributed by atoms with van der Waals surface area (Å²) in [7, 11) is -1.08. The van der Waals surface area contributed by atoms with Gasteiger partial charge in [0.1, 0.15) is 5.03 Å². The second-order valence-electron chi connectivity index (χ2n) is 1.85. The van der Waals surface area contributed by atoms with Gasteiger partial charge in [0.25, 0.3) is 0 Å². The predicted octanol–water partition coefficient (Wildman–Crippen LogP) is 2.36. The Kier molecular flexibility index (Phi) is 6.62. The van der Waals surface area contributed by atoms with Crippen LogP contribution in [0.25, 0.3) is 0 Å². The lowest BCUT2D eigenvalue weighted by Crippen LogP contribution is -1.91. The molecule has 74 valence electrons. The number of pyridine rings is 1. The van der Waals surface area contributed by atoms with Crippen LogP contribution in [0.4, 0.5) is 8.78 Å². The summed E-state index contributed by atoms with van der Waals surface area (Å²) in [4.78, 5) is 3.85. The average Bonchev–Trinajstić information content (AvgIpc) is 2.06. The largest absolute Gasteiger partial charge is 0.253 e. The van der Waals surface area contributed by atoms with Gasteiger partial charge in [0.15, 0.2) is 0 Å². The van der Waals surface area contributed by atoms with E-state index in [4.69, 9.17) is 11.6 Å². The molecule has 0 aliphatic rings. The molecule has 0 radical (unpaired) electrons. The SMILES string of the molecule is CS(=O)c1ncccc1Cl.FCF. The number of halogens is 3. The Labute approximate surface area is 82.4 Å². The third-order valence-corrected chi connectivity index (χ3v) is 2.28. The van der Waals surface area contributed by atoms with Crippen molar-refractivity contribution >= 4 is 22.4 Å². The van der Waals surface area contributed by atoms with E-state index in [2.05, 4.69) is 4.98 Å². The van der Waals surface area contributed by atoms with Crippen molar-refractivity contribution < 1.29 is 13.0 Å². The minimum Gasteiger partial charge on any atom is -0.253 e. The Bertz CT molecular complexity index is 285. The maximum Gasteiger partial charge on any atom is 0.229 e. The minimum atomic E-state index is -1.75. The monoisotopic (exact) mass is 227 g/mol. The lowest BCUT2D eigenvalue weighted by molar-refractivity contribution is 0.295. The Balaban J connectivity index is 0.000000424. The molecule has 0 N–H and O–H groups in total. The van der Waals surface area contributed by atoms with E-state index in [1.807, 2.05) is 0 Å². The van der Waals surface area contributed by atoms with Crippen LogP contribution in [-0.2, 0) is 10.8 Å². The quantitative estimate of drug-likeness (QED) is 0.737.